The van der Waals surface area contributed by atoms with Crippen molar-refractivity contribution in [3.05, 3.63) is 106 Å². The Morgan fingerprint density at radius 3 is 2.77 bits per heavy atom. The van der Waals surface area contributed by atoms with E-state index in [2.05, 4.69) is 21.7 Å². The van der Waals surface area contributed by atoms with Crippen LogP contribution in [0, 0.1) is 17.2 Å². The number of halogens is 1. The molecule has 1 amide bonds. The number of pyridine rings is 1. The van der Waals surface area contributed by atoms with Crippen LogP contribution in [0.2, 0.25) is 5.02 Å². The van der Waals surface area contributed by atoms with Crippen LogP contribution < -0.4 is 15.4 Å². The number of oxazole rings is 1. The second-order valence-electron chi connectivity index (χ2n) is 13.4. The summed E-state index contributed by atoms with van der Waals surface area (Å²) in [5.41, 5.74) is 2.92. The SMILES string of the molecule is COc1cc(C(=O)NC2(c3nc4cc(CN5CCCC[C@H]5C(=O)O)cc(C#N)c4o3)C=CC=C(c3ccccc3Cl)C2C)ncc1CNC1COC1. The van der Waals surface area contributed by atoms with Crippen LogP contribution >= 0.6 is 11.6 Å². The molecule has 2 fully saturated rings. The number of methoxy groups -OCH3 is 1. The Hall–Kier alpha value is -5.06. The molecule has 2 unspecified atom stereocenters. The fourth-order valence-electron chi connectivity index (χ4n) is 7.22. The number of carboxylic acids is 1. The summed E-state index contributed by atoms with van der Waals surface area (Å²) in [4.78, 5) is 37.6. The molecule has 0 bridgehead atoms. The van der Waals surface area contributed by atoms with Crippen molar-refractivity contribution < 1.29 is 28.6 Å². The van der Waals surface area contributed by atoms with Gasteiger partial charge in [-0.3, -0.25) is 19.5 Å². The first-order valence-corrected chi connectivity index (χ1v) is 17.7. The highest BCUT2D eigenvalue weighted by Gasteiger charge is 2.46. The zero-order valence-corrected chi connectivity index (χ0v) is 29.7. The van der Waals surface area contributed by atoms with Gasteiger partial charge in [0.2, 0.25) is 5.89 Å². The number of carbonyl (C=O) groups is 2. The third kappa shape index (κ3) is 6.80. The lowest BCUT2D eigenvalue weighted by Gasteiger charge is -2.38. The maximum Gasteiger partial charge on any atom is 0.320 e. The minimum Gasteiger partial charge on any atom is -0.496 e. The molecule has 1 aliphatic carbocycles. The highest BCUT2D eigenvalue weighted by molar-refractivity contribution is 6.32. The Labute approximate surface area is 306 Å². The molecule has 3 N–H and O–H groups in total. The molecule has 2 aromatic carbocycles. The molecule has 3 aliphatic rings. The van der Waals surface area contributed by atoms with Crippen molar-refractivity contribution in [3.63, 3.8) is 0 Å². The summed E-state index contributed by atoms with van der Waals surface area (Å²) in [7, 11) is 1.55. The van der Waals surface area contributed by atoms with Gasteiger partial charge in [-0.15, -0.1) is 0 Å². The number of hydrogen-bond acceptors (Lipinski definition) is 10. The van der Waals surface area contributed by atoms with Crippen molar-refractivity contribution in [1.82, 2.24) is 25.5 Å². The lowest BCUT2D eigenvalue weighted by Crippen LogP contribution is -2.50. The molecule has 12 nitrogen and oxygen atoms in total. The first-order valence-electron chi connectivity index (χ1n) is 17.3. The maximum atomic E-state index is 14.2. The van der Waals surface area contributed by atoms with E-state index in [1.807, 2.05) is 60.4 Å². The van der Waals surface area contributed by atoms with Gasteiger partial charge < -0.3 is 29.6 Å². The lowest BCUT2D eigenvalue weighted by molar-refractivity contribution is -0.144. The molecule has 0 radical (unpaired) electrons. The number of fused-ring (bicyclic) bond motifs is 1. The Morgan fingerprint density at radius 1 is 1.21 bits per heavy atom. The highest BCUT2D eigenvalue weighted by atomic mass is 35.5. The van der Waals surface area contributed by atoms with Crippen LogP contribution in [0.1, 0.15) is 64.8 Å². The van der Waals surface area contributed by atoms with Crippen molar-refractivity contribution in [2.75, 3.05) is 26.9 Å². The number of amides is 1. The number of hydrogen-bond donors (Lipinski definition) is 3. The zero-order chi connectivity index (χ0) is 36.4. The molecule has 2 aliphatic heterocycles. The van der Waals surface area contributed by atoms with Crippen molar-refractivity contribution in [2.45, 2.75) is 56.9 Å². The second-order valence-corrected chi connectivity index (χ2v) is 13.9. The molecule has 13 heteroatoms. The minimum atomic E-state index is -1.34. The van der Waals surface area contributed by atoms with Gasteiger partial charge in [0.15, 0.2) is 5.58 Å². The number of aliphatic carboxylic acids is 1. The first kappa shape index (κ1) is 35.3. The normalized spacial score (nSPS) is 22.0. The molecule has 7 rings (SSSR count). The smallest absolute Gasteiger partial charge is 0.320 e. The van der Waals surface area contributed by atoms with E-state index in [1.165, 1.54) is 0 Å². The number of benzene rings is 2. The predicted molar refractivity (Wildman–Crippen MR) is 194 cm³/mol. The Bertz CT molecular complexity index is 2120. The molecule has 0 spiro atoms. The largest absolute Gasteiger partial charge is 0.496 e. The fourth-order valence-corrected chi connectivity index (χ4v) is 7.47. The molecule has 2 saturated heterocycles. The van der Waals surface area contributed by atoms with Gasteiger partial charge in [0, 0.05) is 41.9 Å². The number of ether oxygens (including phenoxy) is 2. The van der Waals surface area contributed by atoms with E-state index < -0.39 is 29.4 Å². The summed E-state index contributed by atoms with van der Waals surface area (Å²) >= 11 is 6.70. The number of nitriles is 1. The fraction of sp³-hybridized carbons (Fsp3) is 0.359. The molecule has 2 aromatic heterocycles. The summed E-state index contributed by atoms with van der Waals surface area (Å²) in [5, 5.41) is 27.2. The van der Waals surface area contributed by atoms with E-state index in [0.29, 0.717) is 55.6 Å². The van der Waals surface area contributed by atoms with E-state index in [1.54, 1.807) is 25.4 Å². The molecule has 52 heavy (non-hydrogen) atoms. The van der Waals surface area contributed by atoms with Gasteiger partial charge in [-0.2, -0.15) is 5.26 Å². The third-order valence-corrected chi connectivity index (χ3v) is 10.5. The molecule has 0 saturated carbocycles. The summed E-state index contributed by atoms with van der Waals surface area (Å²) in [5.74, 6) is -1.12. The van der Waals surface area contributed by atoms with Crippen LogP contribution in [0.4, 0.5) is 0 Å². The molecule has 4 heterocycles. The summed E-state index contributed by atoms with van der Waals surface area (Å²) in [6.07, 6.45) is 9.56. The minimum absolute atomic E-state index is 0.132. The van der Waals surface area contributed by atoms with Crippen LogP contribution in [-0.4, -0.2) is 70.8 Å². The molecule has 4 aromatic rings. The van der Waals surface area contributed by atoms with Gasteiger partial charge in [0.25, 0.3) is 5.91 Å². The molecular weight excluding hydrogens is 684 g/mol. The standard InChI is InChI=1S/C39H39ClN6O6/c1-23-28(29-8-3-4-10-30(29)40)9-7-12-39(23,45-36(47)32-16-34(50-2)26(19-43-32)18-42-27-21-51-22-27)38-44-31-15-24(14-25(17-41)35(31)52-38)20-46-13-6-5-11-33(46)37(48)49/h3-4,7-10,12,14-16,19,23,27,33,42H,5-6,11,13,18,20-22H2,1-2H3,(H,45,47)(H,48,49)/t23?,33-,39?/m0/s1. The number of piperidine rings is 1. The Morgan fingerprint density at radius 2 is 2.04 bits per heavy atom. The third-order valence-electron chi connectivity index (χ3n) is 10.2. The first-order chi connectivity index (χ1) is 25.2. The van der Waals surface area contributed by atoms with Crippen LogP contribution in [-0.2, 0) is 28.2 Å². The maximum absolute atomic E-state index is 14.2. The van der Waals surface area contributed by atoms with Crippen LogP contribution in [0.3, 0.4) is 0 Å². The molecule has 3 atom stereocenters. The van der Waals surface area contributed by atoms with Crippen LogP contribution in [0.15, 0.2) is 71.3 Å². The van der Waals surface area contributed by atoms with Crippen molar-refractivity contribution in [2.24, 2.45) is 5.92 Å². The summed E-state index contributed by atoms with van der Waals surface area (Å²) < 4.78 is 17.4. The number of carbonyl (C=O) groups excluding carboxylic acids is 1. The van der Waals surface area contributed by atoms with Gasteiger partial charge in [-0.05, 0) is 60.4 Å². The van der Waals surface area contributed by atoms with Gasteiger partial charge in [0.05, 0.1) is 31.9 Å². The number of nitrogens with zero attached hydrogens (tertiary/aromatic N) is 4. The summed E-state index contributed by atoms with van der Waals surface area (Å²) in [6, 6.07) is 14.5. The van der Waals surface area contributed by atoms with Gasteiger partial charge in [-0.1, -0.05) is 55.3 Å². The Kier molecular flexibility index (Phi) is 10.1. The summed E-state index contributed by atoms with van der Waals surface area (Å²) in [6.45, 7) is 4.73. The number of nitrogens with one attached hydrogen (secondary N) is 2. The van der Waals surface area contributed by atoms with Gasteiger partial charge in [-0.25, -0.2) is 4.98 Å². The average molecular weight is 723 g/mol. The number of carboxylic acid groups (broad SMARTS) is 1. The van der Waals surface area contributed by atoms with E-state index in [0.717, 1.165) is 35.1 Å². The molecule has 268 valence electrons. The number of likely N-dealkylation sites (tertiary alicyclic amines) is 1. The van der Waals surface area contributed by atoms with Gasteiger partial charge >= 0.3 is 5.97 Å². The number of allylic oxidation sites excluding steroid dienone is 2. The quantitative estimate of drug-likeness (QED) is 0.177. The highest BCUT2D eigenvalue weighted by Crippen LogP contribution is 2.45. The molecular formula is C39H39ClN6O6. The van der Waals surface area contributed by atoms with Crippen molar-refractivity contribution in [3.8, 4) is 11.8 Å². The second kappa shape index (κ2) is 14.9. The van der Waals surface area contributed by atoms with Gasteiger partial charge in [0.1, 0.15) is 34.6 Å². The van der Waals surface area contributed by atoms with Crippen molar-refractivity contribution >= 4 is 40.2 Å². The van der Waals surface area contributed by atoms with Crippen molar-refractivity contribution in [1.29, 1.82) is 5.26 Å². The van der Waals surface area contributed by atoms with Crippen LogP contribution in [0.25, 0.3) is 16.7 Å². The van der Waals surface area contributed by atoms with E-state index >= 15 is 0 Å². The van der Waals surface area contributed by atoms with E-state index in [9.17, 15) is 20.0 Å². The lowest BCUT2D eigenvalue weighted by atomic mass is 9.74. The topological polar surface area (TPSA) is 163 Å². The predicted octanol–water partition coefficient (Wildman–Crippen LogP) is 5.60. The van der Waals surface area contributed by atoms with E-state index in [-0.39, 0.29) is 28.8 Å². The van der Waals surface area contributed by atoms with Crippen LogP contribution in [0.5, 0.6) is 5.75 Å². The Balaban J connectivity index is 1.27. The zero-order valence-electron chi connectivity index (χ0n) is 28.9. The average Bonchev–Trinajstić information content (AvgIpc) is 3.57. The monoisotopic (exact) mass is 722 g/mol. The number of aromatic nitrogens is 2. The van der Waals surface area contributed by atoms with E-state index in [4.69, 9.17) is 30.5 Å². The number of rotatable bonds is 11.